The van der Waals surface area contributed by atoms with Crippen LogP contribution in [0.2, 0.25) is 0 Å². The normalized spacial score (nSPS) is 13.3. The van der Waals surface area contributed by atoms with Crippen LogP contribution in [0.1, 0.15) is 20.8 Å². The molecule has 0 fully saturated rings. The molecule has 60 valence electrons. The van der Waals surface area contributed by atoms with Crippen LogP contribution in [-0.2, 0) is 4.79 Å². The second-order valence-corrected chi connectivity index (χ2v) is 2.75. The molecule has 0 radical (unpaired) electrons. The molecule has 3 nitrogen and oxygen atoms in total. The first-order chi connectivity index (χ1) is 4.57. The lowest BCUT2D eigenvalue weighted by molar-refractivity contribution is -0.124. The molecule has 0 rings (SSSR count). The quantitative estimate of drug-likeness (QED) is 0.593. The number of hydrogen-bond donors (Lipinski definition) is 2. The van der Waals surface area contributed by atoms with Crippen LogP contribution in [0.5, 0.6) is 0 Å². The summed E-state index contributed by atoms with van der Waals surface area (Å²) in [4.78, 5) is 10.9. The van der Waals surface area contributed by atoms with E-state index < -0.39 is 0 Å². The molecule has 0 heterocycles. The van der Waals surface area contributed by atoms with Crippen molar-refractivity contribution in [1.82, 2.24) is 5.32 Å². The van der Waals surface area contributed by atoms with Crippen LogP contribution in [0.4, 0.5) is 0 Å². The molecule has 10 heavy (non-hydrogen) atoms. The van der Waals surface area contributed by atoms with Crippen LogP contribution in [0.25, 0.3) is 0 Å². The van der Waals surface area contributed by atoms with E-state index in [9.17, 15) is 4.79 Å². The van der Waals surface area contributed by atoms with Crippen molar-refractivity contribution >= 4 is 5.91 Å². The molecule has 0 aromatic carbocycles. The molecule has 1 atom stereocenters. The average molecular weight is 145 g/mol. The van der Waals surface area contributed by atoms with E-state index in [1.165, 1.54) is 0 Å². The highest BCUT2D eigenvalue weighted by Crippen LogP contribution is 1.91. The Bertz CT molecular complexity index is 112. The largest absolute Gasteiger partial charge is 0.394 e. The van der Waals surface area contributed by atoms with Crippen molar-refractivity contribution < 1.29 is 9.90 Å². The summed E-state index contributed by atoms with van der Waals surface area (Å²) in [6, 6.07) is -0.130. The van der Waals surface area contributed by atoms with Gasteiger partial charge in [-0.2, -0.15) is 0 Å². The Labute approximate surface area is 61.4 Å². The fourth-order valence-electron chi connectivity index (χ4n) is 0.455. The highest BCUT2D eigenvalue weighted by molar-refractivity contribution is 5.78. The van der Waals surface area contributed by atoms with Crippen LogP contribution in [-0.4, -0.2) is 23.7 Å². The summed E-state index contributed by atoms with van der Waals surface area (Å²) < 4.78 is 0. The fraction of sp³-hybridized carbons (Fsp3) is 0.857. The predicted octanol–water partition coefficient (Wildman–Crippen LogP) is 0.139. The molecular formula is C7H15NO2. The first kappa shape index (κ1) is 9.43. The second-order valence-electron chi connectivity index (χ2n) is 2.75. The van der Waals surface area contributed by atoms with Gasteiger partial charge in [0.25, 0.3) is 0 Å². The zero-order chi connectivity index (χ0) is 8.15. The van der Waals surface area contributed by atoms with Crippen LogP contribution < -0.4 is 5.32 Å². The minimum Gasteiger partial charge on any atom is -0.394 e. The van der Waals surface area contributed by atoms with Gasteiger partial charge in [0.1, 0.15) is 0 Å². The second kappa shape index (κ2) is 4.28. The predicted molar refractivity (Wildman–Crippen MR) is 39.5 cm³/mol. The average Bonchev–Trinajstić information content (AvgIpc) is 1.87. The summed E-state index contributed by atoms with van der Waals surface area (Å²) in [6.45, 7) is 5.40. The summed E-state index contributed by atoms with van der Waals surface area (Å²) in [7, 11) is 0. The molecule has 0 aliphatic rings. The van der Waals surface area contributed by atoms with Crippen LogP contribution in [0, 0.1) is 5.92 Å². The van der Waals surface area contributed by atoms with Gasteiger partial charge in [-0.1, -0.05) is 13.8 Å². The van der Waals surface area contributed by atoms with Gasteiger partial charge in [0.05, 0.1) is 6.61 Å². The lowest BCUT2D eigenvalue weighted by atomic mass is 10.2. The Morgan fingerprint density at radius 1 is 1.50 bits per heavy atom. The summed E-state index contributed by atoms with van der Waals surface area (Å²) >= 11 is 0. The van der Waals surface area contributed by atoms with E-state index in [4.69, 9.17) is 5.11 Å². The Morgan fingerprint density at radius 2 is 2.00 bits per heavy atom. The number of carbonyl (C=O) groups is 1. The van der Waals surface area contributed by atoms with Gasteiger partial charge in [-0.15, -0.1) is 0 Å². The van der Waals surface area contributed by atoms with Crippen molar-refractivity contribution in [2.24, 2.45) is 5.92 Å². The molecule has 3 heteroatoms. The minimum atomic E-state index is -0.130. The molecule has 0 bridgehead atoms. The maximum absolute atomic E-state index is 10.9. The van der Waals surface area contributed by atoms with Crippen LogP contribution in [0.3, 0.4) is 0 Å². The molecule has 0 aliphatic heterocycles. The highest BCUT2D eigenvalue weighted by atomic mass is 16.3. The maximum atomic E-state index is 10.9. The molecule has 1 amide bonds. The van der Waals surface area contributed by atoms with Crippen LogP contribution in [0.15, 0.2) is 0 Å². The molecule has 0 saturated carbocycles. The topological polar surface area (TPSA) is 49.3 Å². The van der Waals surface area contributed by atoms with Gasteiger partial charge in [-0.3, -0.25) is 4.79 Å². The van der Waals surface area contributed by atoms with Gasteiger partial charge >= 0.3 is 0 Å². The van der Waals surface area contributed by atoms with Crippen molar-refractivity contribution in [3.8, 4) is 0 Å². The van der Waals surface area contributed by atoms with Gasteiger partial charge in [0.2, 0.25) is 5.91 Å². The molecular weight excluding hydrogens is 130 g/mol. The van der Waals surface area contributed by atoms with Crippen molar-refractivity contribution in [1.29, 1.82) is 0 Å². The zero-order valence-corrected chi connectivity index (χ0v) is 6.72. The SMILES string of the molecule is CC(CO)NC(=O)C(C)C. The molecule has 0 saturated heterocycles. The fourth-order valence-corrected chi connectivity index (χ4v) is 0.455. The van der Waals surface area contributed by atoms with Gasteiger partial charge < -0.3 is 10.4 Å². The van der Waals surface area contributed by atoms with E-state index in [1.54, 1.807) is 6.92 Å². The van der Waals surface area contributed by atoms with Gasteiger partial charge in [0, 0.05) is 12.0 Å². The summed E-state index contributed by atoms with van der Waals surface area (Å²) in [5, 5.41) is 11.2. The summed E-state index contributed by atoms with van der Waals surface area (Å²) in [5.41, 5.74) is 0. The van der Waals surface area contributed by atoms with E-state index in [1.807, 2.05) is 13.8 Å². The van der Waals surface area contributed by atoms with Crippen molar-refractivity contribution in [3.63, 3.8) is 0 Å². The Kier molecular flexibility index (Phi) is 4.03. The number of carbonyl (C=O) groups excluding carboxylic acids is 1. The number of rotatable bonds is 3. The standard InChI is InChI=1S/C7H15NO2/c1-5(2)7(10)8-6(3)4-9/h5-6,9H,4H2,1-3H3,(H,8,10). The minimum absolute atomic E-state index is 0.00153. The highest BCUT2D eigenvalue weighted by Gasteiger charge is 2.08. The molecule has 2 N–H and O–H groups in total. The molecule has 0 aromatic heterocycles. The Hall–Kier alpha value is -0.570. The number of hydrogen-bond acceptors (Lipinski definition) is 2. The van der Waals surface area contributed by atoms with Crippen molar-refractivity contribution in [3.05, 3.63) is 0 Å². The zero-order valence-electron chi connectivity index (χ0n) is 6.72. The third-order valence-corrected chi connectivity index (χ3v) is 1.19. The summed E-state index contributed by atoms with van der Waals surface area (Å²) in [5.74, 6) is -0.0180. The third-order valence-electron chi connectivity index (χ3n) is 1.19. The number of nitrogens with one attached hydrogen (secondary N) is 1. The van der Waals surface area contributed by atoms with E-state index in [2.05, 4.69) is 5.32 Å². The summed E-state index contributed by atoms with van der Waals surface area (Å²) in [6.07, 6.45) is 0. The molecule has 0 aromatic rings. The molecule has 0 aliphatic carbocycles. The smallest absolute Gasteiger partial charge is 0.222 e. The monoisotopic (exact) mass is 145 g/mol. The number of aliphatic hydroxyl groups excluding tert-OH is 1. The van der Waals surface area contributed by atoms with Crippen molar-refractivity contribution in [2.75, 3.05) is 6.61 Å². The lowest BCUT2D eigenvalue weighted by Crippen LogP contribution is -2.37. The number of amides is 1. The third kappa shape index (κ3) is 3.45. The number of aliphatic hydroxyl groups is 1. The molecule has 0 spiro atoms. The Balaban J connectivity index is 3.57. The first-order valence-corrected chi connectivity index (χ1v) is 3.49. The Morgan fingerprint density at radius 3 is 2.30 bits per heavy atom. The maximum Gasteiger partial charge on any atom is 0.222 e. The molecule has 1 unspecified atom stereocenters. The van der Waals surface area contributed by atoms with E-state index in [-0.39, 0.29) is 24.5 Å². The van der Waals surface area contributed by atoms with E-state index >= 15 is 0 Å². The first-order valence-electron chi connectivity index (χ1n) is 3.49. The van der Waals surface area contributed by atoms with E-state index in [0.717, 1.165) is 0 Å². The van der Waals surface area contributed by atoms with E-state index in [0.29, 0.717) is 0 Å². The van der Waals surface area contributed by atoms with Gasteiger partial charge in [-0.05, 0) is 6.92 Å². The van der Waals surface area contributed by atoms with Gasteiger partial charge in [0.15, 0.2) is 0 Å². The van der Waals surface area contributed by atoms with Gasteiger partial charge in [-0.25, -0.2) is 0 Å². The van der Waals surface area contributed by atoms with Crippen molar-refractivity contribution in [2.45, 2.75) is 26.8 Å². The van der Waals surface area contributed by atoms with Crippen LogP contribution >= 0.6 is 0 Å². The lowest BCUT2D eigenvalue weighted by Gasteiger charge is -2.12.